The zero-order chi connectivity index (χ0) is 26.0. The van der Waals surface area contributed by atoms with Crippen molar-refractivity contribution in [3.8, 4) is 5.75 Å². The zero-order valence-electron chi connectivity index (χ0n) is 20.4. The van der Waals surface area contributed by atoms with Gasteiger partial charge in [-0.15, -0.1) is 0 Å². The van der Waals surface area contributed by atoms with Gasteiger partial charge in [0.1, 0.15) is 11.6 Å². The van der Waals surface area contributed by atoms with Crippen LogP contribution in [-0.4, -0.2) is 47.3 Å². The van der Waals surface area contributed by atoms with E-state index in [4.69, 9.17) is 9.47 Å². The topological polar surface area (TPSA) is 120 Å². The van der Waals surface area contributed by atoms with E-state index in [-0.39, 0.29) is 16.8 Å². The zero-order valence-corrected chi connectivity index (χ0v) is 23.4. The highest BCUT2D eigenvalue weighted by atomic mass is 127. The monoisotopic (exact) mass is 634 g/mol. The van der Waals surface area contributed by atoms with Gasteiger partial charge in [0.05, 0.1) is 23.1 Å². The van der Waals surface area contributed by atoms with Crippen LogP contribution in [0.2, 0.25) is 0 Å². The predicted molar refractivity (Wildman–Crippen MR) is 149 cm³/mol. The molecule has 1 atom stereocenters. The number of fused-ring (bicyclic) bond motifs is 1. The van der Waals surface area contributed by atoms with E-state index < -0.39 is 10.0 Å². The quantitative estimate of drug-likeness (QED) is 0.270. The van der Waals surface area contributed by atoms with Crippen molar-refractivity contribution in [2.24, 2.45) is 0 Å². The predicted octanol–water partition coefficient (Wildman–Crippen LogP) is 4.54. The van der Waals surface area contributed by atoms with Crippen molar-refractivity contribution < 1.29 is 17.9 Å². The smallest absolute Gasteiger partial charge is 0.269 e. The van der Waals surface area contributed by atoms with Crippen LogP contribution in [0, 0.1) is 10.5 Å². The summed E-state index contributed by atoms with van der Waals surface area (Å²) in [5.41, 5.74) is 2.15. The molecule has 4 heterocycles. The summed E-state index contributed by atoms with van der Waals surface area (Å²) < 4.78 is 40.5. The van der Waals surface area contributed by atoms with Gasteiger partial charge in [0, 0.05) is 36.0 Å². The second kappa shape index (κ2) is 10.8. The molecule has 0 radical (unpaired) electrons. The molecule has 37 heavy (non-hydrogen) atoms. The van der Waals surface area contributed by atoms with Crippen LogP contribution in [0.5, 0.6) is 5.75 Å². The lowest BCUT2D eigenvalue weighted by atomic mass is 10.2. The van der Waals surface area contributed by atoms with Gasteiger partial charge in [-0.2, -0.15) is 9.97 Å². The third-order valence-electron chi connectivity index (χ3n) is 6.00. The van der Waals surface area contributed by atoms with Crippen LogP contribution < -0.4 is 15.4 Å². The Hall–Kier alpha value is -2.97. The van der Waals surface area contributed by atoms with Crippen molar-refractivity contribution in [2.45, 2.75) is 43.9 Å². The van der Waals surface area contributed by atoms with Crippen molar-refractivity contribution in [2.75, 3.05) is 24.3 Å². The average molecular weight is 634 g/mol. The number of pyridine rings is 1. The number of ether oxygens (including phenoxy) is 2. The molecule has 4 aromatic rings. The van der Waals surface area contributed by atoms with Crippen molar-refractivity contribution in [1.82, 2.24) is 18.9 Å². The first-order valence-corrected chi connectivity index (χ1v) is 14.4. The molecular formula is C25H27IN6O4S. The molecule has 0 bridgehead atoms. The molecule has 0 spiro atoms. The summed E-state index contributed by atoms with van der Waals surface area (Å²) in [4.78, 5) is 13.6. The summed E-state index contributed by atoms with van der Waals surface area (Å²) in [6, 6.07) is 8.66. The van der Waals surface area contributed by atoms with Crippen LogP contribution in [0.15, 0.2) is 53.8 Å². The van der Waals surface area contributed by atoms with Gasteiger partial charge in [-0.25, -0.2) is 12.4 Å². The standard InChI is InChI=1S/C25H27IN6O4S/c1-16-6-8-19(9-7-16)37(33,34)32-15-20(26)22-23(30-25(27-2)31-24(22)32)29-13-17-11-18(14-28-12-17)36-21-5-3-4-10-35-21/h6-9,11-12,14-15,21H,3-5,10,13H2,1-2H3,(H2,27,29,30,31). The Labute approximate surface area is 229 Å². The summed E-state index contributed by atoms with van der Waals surface area (Å²) in [6.07, 6.45) is 7.72. The Morgan fingerprint density at radius 1 is 1.19 bits per heavy atom. The van der Waals surface area contributed by atoms with E-state index in [2.05, 4.69) is 48.2 Å². The van der Waals surface area contributed by atoms with E-state index in [1.165, 1.54) is 3.97 Å². The Kier molecular flexibility index (Phi) is 7.49. The van der Waals surface area contributed by atoms with E-state index in [1.807, 2.05) is 13.0 Å². The van der Waals surface area contributed by atoms with Gasteiger partial charge >= 0.3 is 0 Å². The highest BCUT2D eigenvalue weighted by Gasteiger charge is 2.24. The van der Waals surface area contributed by atoms with Crippen LogP contribution in [0.4, 0.5) is 11.8 Å². The second-order valence-electron chi connectivity index (χ2n) is 8.73. The molecule has 0 saturated carbocycles. The number of nitrogens with one attached hydrogen (secondary N) is 2. The number of anilines is 2. The Bertz CT molecular complexity index is 1520. The molecule has 1 fully saturated rings. The molecule has 1 saturated heterocycles. The molecule has 1 aliphatic heterocycles. The molecule has 0 aliphatic carbocycles. The van der Waals surface area contributed by atoms with Crippen LogP contribution >= 0.6 is 22.6 Å². The summed E-state index contributed by atoms with van der Waals surface area (Å²) in [5, 5.41) is 6.88. The minimum absolute atomic E-state index is 0.190. The number of hydrogen-bond acceptors (Lipinski definition) is 9. The molecule has 1 aliphatic rings. The maximum atomic E-state index is 13.5. The minimum atomic E-state index is -3.86. The van der Waals surface area contributed by atoms with E-state index in [9.17, 15) is 8.42 Å². The van der Waals surface area contributed by atoms with Crippen LogP contribution in [0.25, 0.3) is 11.0 Å². The third kappa shape index (κ3) is 5.50. The minimum Gasteiger partial charge on any atom is -0.463 e. The maximum Gasteiger partial charge on any atom is 0.269 e. The fourth-order valence-corrected chi connectivity index (χ4v) is 6.35. The molecule has 10 nitrogen and oxygen atoms in total. The molecule has 12 heteroatoms. The lowest BCUT2D eigenvalue weighted by Crippen LogP contribution is -2.25. The van der Waals surface area contributed by atoms with Crippen molar-refractivity contribution in [3.05, 3.63) is 63.6 Å². The van der Waals surface area contributed by atoms with Gasteiger partial charge in [-0.1, -0.05) is 17.7 Å². The highest BCUT2D eigenvalue weighted by molar-refractivity contribution is 14.1. The number of aryl methyl sites for hydroxylation is 1. The number of hydrogen-bond donors (Lipinski definition) is 2. The van der Waals surface area contributed by atoms with Gasteiger partial charge in [0.25, 0.3) is 10.0 Å². The van der Waals surface area contributed by atoms with Crippen LogP contribution in [-0.2, 0) is 21.3 Å². The van der Waals surface area contributed by atoms with Crippen LogP contribution in [0.3, 0.4) is 0 Å². The van der Waals surface area contributed by atoms with E-state index >= 15 is 0 Å². The molecule has 194 valence electrons. The number of benzene rings is 1. The van der Waals surface area contributed by atoms with Crippen molar-refractivity contribution in [1.29, 1.82) is 0 Å². The first kappa shape index (κ1) is 25.7. The maximum absolute atomic E-state index is 13.5. The normalized spacial score (nSPS) is 16.0. The van der Waals surface area contributed by atoms with Gasteiger partial charge in [0.2, 0.25) is 5.95 Å². The van der Waals surface area contributed by atoms with Gasteiger partial charge in [-0.3, -0.25) is 4.98 Å². The fraction of sp³-hybridized carbons (Fsp3) is 0.320. The molecule has 3 aromatic heterocycles. The lowest BCUT2D eigenvalue weighted by Gasteiger charge is -2.23. The molecule has 1 unspecified atom stereocenters. The lowest BCUT2D eigenvalue weighted by molar-refractivity contribution is -0.106. The van der Waals surface area contributed by atoms with Crippen molar-refractivity contribution >= 4 is 55.4 Å². The molecule has 1 aromatic carbocycles. The van der Waals surface area contributed by atoms with Gasteiger partial charge < -0.3 is 20.1 Å². The fourth-order valence-electron chi connectivity index (χ4n) is 4.07. The molecule has 0 amide bonds. The number of rotatable bonds is 8. The molecule has 2 N–H and O–H groups in total. The first-order valence-electron chi connectivity index (χ1n) is 11.9. The largest absolute Gasteiger partial charge is 0.463 e. The second-order valence-corrected chi connectivity index (χ2v) is 11.7. The number of halogens is 1. The summed E-state index contributed by atoms with van der Waals surface area (Å²) in [5.74, 6) is 1.45. The Morgan fingerprint density at radius 3 is 2.73 bits per heavy atom. The Morgan fingerprint density at radius 2 is 2.00 bits per heavy atom. The Balaban J connectivity index is 1.45. The van der Waals surface area contributed by atoms with E-state index in [0.29, 0.717) is 39.6 Å². The van der Waals surface area contributed by atoms with Crippen LogP contribution in [0.1, 0.15) is 30.4 Å². The summed E-state index contributed by atoms with van der Waals surface area (Å²) in [6.45, 7) is 3.02. The SMILES string of the molecule is CNc1nc(NCc2cncc(OC3CCCCO3)c2)c2c(I)cn(S(=O)(=O)c3ccc(C)cc3)c2n1. The van der Waals surface area contributed by atoms with Gasteiger partial charge in [0.15, 0.2) is 11.9 Å². The molecule has 5 rings (SSSR count). The summed E-state index contributed by atoms with van der Waals surface area (Å²) >= 11 is 2.11. The van der Waals surface area contributed by atoms with Crippen molar-refractivity contribution in [3.63, 3.8) is 0 Å². The number of aromatic nitrogens is 4. The highest BCUT2D eigenvalue weighted by Crippen LogP contribution is 2.32. The molecular weight excluding hydrogens is 607 g/mol. The first-order chi connectivity index (χ1) is 17.8. The third-order valence-corrected chi connectivity index (χ3v) is 8.49. The van der Waals surface area contributed by atoms with Gasteiger partial charge in [-0.05, 0) is 66.1 Å². The summed E-state index contributed by atoms with van der Waals surface area (Å²) in [7, 11) is -2.17. The number of nitrogens with zero attached hydrogens (tertiary/aromatic N) is 4. The van der Waals surface area contributed by atoms with E-state index in [0.717, 1.165) is 30.4 Å². The van der Waals surface area contributed by atoms with E-state index in [1.54, 1.807) is 49.9 Å². The average Bonchev–Trinajstić information content (AvgIpc) is 3.25.